The first-order chi connectivity index (χ1) is 4.06. The lowest BCUT2D eigenvalue weighted by atomic mass is 10.2. The van der Waals surface area contributed by atoms with Crippen LogP contribution in [0.15, 0.2) is 5.16 Å². The highest BCUT2D eigenvalue weighted by Gasteiger charge is 2.08. The number of nitrogens with zero attached hydrogens (tertiary/aromatic N) is 1. The zero-order valence-electron chi connectivity index (χ0n) is 6.64. The molecule has 0 aromatic rings. The van der Waals surface area contributed by atoms with Gasteiger partial charge in [-0.25, -0.2) is 0 Å². The van der Waals surface area contributed by atoms with Crippen molar-refractivity contribution in [2.24, 2.45) is 5.16 Å². The highest BCUT2D eigenvalue weighted by Crippen LogP contribution is 2.05. The second-order valence-electron chi connectivity index (χ2n) is 2.90. The third kappa shape index (κ3) is 7.47. The molecule has 2 nitrogen and oxygen atoms in total. The molecule has 0 aromatic heterocycles. The SMILES string of the molecule is CCC=NOC(C)(C)C. The Balaban J connectivity index is 3.38. The molecule has 0 radical (unpaired) electrons. The summed E-state index contributed by atoms with van der Waals surface area (Å²) >= 11 is 0. The predicted molar refractivity (Wildman–Crippen MR) is 39.6 cm³/mol. The first kappa shape index (κ1) is 8.47. The van der Waals surface area contributed by atoms with Crippen molar-refractivity contribution in [3.05, 3.63) is 0 Å². The molecule has 0 aromatic carbocycles. The molecule has 0 N–H and O–H groups in total. The van der Waals surface area contributed by atoms with E-state index >= 15 is 0 Å². The summed E-state index contributed by atoms with van der Waals surface area (Å²) < 4.78 is 0. The molecular formula is C7H15NO. The molecule has 0 rings (SSSR count). The smallest absolute Gasteiger partial charge is 0.129 e. The average molecular weight is 129 g/mol. The Hall–Kier alpha value is -0.530. The minimum Gasteiger partial charge on any atom is -0.390 e. The van der Waals surface area contributed by atoms with Gasteiger partial charge in [-0.05, 0) is 27.2 Å². The van der Waals surface area contributed by atoms with Gasteiger partial charge in [0.05, 0.1) is 0 Å². The van der Waals surface area contributed by atoms with Crippen LogP contribution in [0.2, 0.25) is 0 Å². The lowest BCUT2D eigenvalue weighted by Crippen LogP contribution is -2.15. The Kier molecular flexibility index (Phi) is 3.28. The van der Waals surface area contributed by atoms with Crippen LogP contribution in [0.1, 0.15) is 34.1 Å². The molecule has 9 heavy (non-hydrogen) atoms. The van der Waals surface area contributed by atoms with E-state index in [0.717, 1.165) is 6.42 Å². The third-order valence-corrected chi connectivity index (χ3v) is 0.584. The third-order valence-electron chi connectivity index (χ3n) is 0.584. The standard InChI is InChI=1S/C7H15NO/c1-5-6-8-9-7(2,3)4/h6H,5H2,1-4H3. The van der Waals surface area contributed by atoms with Crippen molar-refractivity contribution in [2.75, 3.05) is 0 Å². The lowest BCUT2D eigenvalue weighted by molar-refractivity contribution is 0.00163. The molecule has 2 heteroatoms. The second-order valence-corrected chi connectivity index (χ2v) is 2.90. The number of rotatable bonds is 2. The highest BCUT2D eigenvalue weighted by molar-refractivity contribution is 5.55. The van der Waals surface area contributed by atoms with Crippen molar-refractivity contribution < 1.29 is 4.84 Å². The Labute approximate surface area is 56.9 Å². The summed E-state index contributed by atoms with van der Waals surface area (Å²) in [6.45, 7) is 7.94. The van der Waals surface area contributed by atoms with Gasteiger partial charge in [0.15, 0.2) is 0 Å². The van der Waals surface area contributed by atoms with Crippen molar-refractivity contribution in [1.29, 1.82) is 0 Å². The Morgan fingerprint density at radius 1 is 1.44 bits per heavy atom. The first-order valence-electron chi connectivity index (χ1n) is 3.26. The van der Waals surface area contributed by atoms with Gasteiger partial charge in [0.25, 0.3) is 0 Å². The molecule has 0 heterocycles. The molecule has 0 amide bonds. The average Bonchev–Trinajstić information content (AvgIpc) is 1.63. The molecule has 0 aliphatic carbocycles. The molecule has 0 bridgehead atoms. The molecule has 54 valence electrons. The van der Waals surface area contributed by atoms with Crippen LogP contribution in [0, 0.1) is 0 Å². The van der Waals surface area contributed by atoms with Crippen LogP contribution in [0.3, 0.4) is 0 Å². The van der Waals surface area contributed by atoms with Crippen LogP contribution >= 0.6 is 0 Å². The number of hydrogen-bond donors (Lipinski definition) is 0. The van der Waals surface area contributed by atoms with Crippen molar-refractivity contribution in [3.8, 4) is 0 Å². The molecule has 0 spiro atoms. The van der Waals surface area contributed by atoms with E-state index in [4.69, 9.17) is 4.84 Å². The summed E-state index contributed by atoms with van der Waals surface area (Å²) in [6.07, 6.45) is 2.68. The van der Waals surface area contributed by atoms with Gasteiger partial charge in [-0.2, -0.15) is 0 Å². The maximum Gasteiger partial charge on any atom is 0.129 e. The molecule has 0 saturated carbocycles. The normalized spacial score (nSPS) is 12.4. The van der Waals surface area contributed by atoms with Gasteiger partial charge in [0.1, 0.15) is 5.60 Å². The van der Waals surface area contributed by atoms with E-state index in [-0.39, 0.29) is 5.60 Å². The maximum atomic E-state index is 5.04. The van der Waals surface area contributed by atoms with Crippen molar-refractivity contribution in [2.45, 2.75) is 39.7 Å². The minimum atomic E-state index is -0.147. The zero-order chi connectivity index (χ0) is 7.33. The van der Waals surface area contributed by atoms with Crippen LogP contribution in [0.4, 0.5) is 0 Å². The van der Waals surface area contributed by atoms with Gasteiger partial charge in [-0.3, -0.25) is 0 Å². The van der Waals surface area contributed by atoms with E-state index in [2.05, 4.69) is 5.16 Å². The largest absolute Gasteiger partial charge is 0.390 e. The van der Waals surface area contributed by atoms with Gasteiger partial charge < -0.3 is 4.84 Å². The molecule has 0 aliphatic rings. The maximum absolute atomic E-state index is 5.04. The first-order valence-corrected chi connectivity index (χ1v) is 3.26. The molecule has 0 saturated heterocycles. The van der Waals surface area contributed by atoms with Gasteiger partial charge >= 0.3 is 0 Å². The number of oxime groups is 1. The molecular weight excluding hydrogens is 114 g/mol. The van der Waals surface area contributed by atoms with Crippen molar-refractivity contribution in [1.82, 2.24) is 0 Å². The van der Waals surface area contributed by atoms with Gasteiger partial charge in [0.2, 0.25) is 0 Å². The van der Waals surface area contributed by atoms with Gasteiger partial charge in [-0.1, -0.05) is 12.1 Å². The fraction of sp³-hybridized carbons (Fsp3) is 0.857. The summed E-state index contributed by atoms with van der Waals surface area (Å²) in [4.78, 5) is 5.04. The number of hydrogen-bond acceptors (Lipinski definition) is 2. The monoisotopic (exact) mass is 129 g/mol. The second kappa shape index (κ2) is 3.49. The highest BCUT2D eigenvalue weighted by atomic mass is 16.6. The zero-order valence-corrected chi connectivity index (χ0v) is 6.64. The van der Waals surface area contributed by atoms with E-state index in [1.165, 1.54) is 0 Å². The Bertz CT molecular complexity index is 91.6. The molecule has 0 aliphatic heterocycles. The van der Waals surface area contributed by atoms with Crippen LogP contribution < -0.4 is 0 Å². The quantitative estimate of drug-likeness (QED) is 0.413. The predicted octanol–water partition coefficient (Wildman–Crippen LogP) is 2.20. The van der Waals surface area contributed by atoms with Crippen LogP contribution in [-0.2, 0) is 4.84 Å². The van der Waals surface area contributed by atoms with Crippen molar-refractivity contribution >= 4 is 6.21 Å². The summed E-state index contributed by atoms with van der Waals surface area (Å²) in [5.41, 5.74) is -0.147. The van der Waals surface area contributed by atoms with E-state index in [1.54, 1.807) is 6.21 Å². The summed E-state index contributed by atoms with van der Waals surface area (Å²) in [6, 6.07) is 0. The van der Waals surface area contributed by atoms with Crippen LogP contribution in [-0.4, -0.2) is 11.8 Å². The van der Waals surface area contributed by atoms with Gasteiger partial charge in [0, 0.05) is 6.21 Å². The van der Waals surface area contributed by atoms with E-state index < -0.39 is 0 Å². The minimum absolute atomic E-state index is 0.147. The fourth-order valence-electron chi connectivity index (χ4n) is 0.270. The lowest BCUT2D eigenvalue weighted by Gasteiger charge is -2.14. The van der Waals surface area contributed by atoms with E-state index in [1.807, 2.05) is 27.7 Å². The van der Waals surface area contributed by atoms with Crippen LogP contribution in [0.25, 0.3) is 0 Å². The summed E-state index contributed by atoms with van der Waals surface area (Å²) in [7, 11) is 0. The van der Waals surface area contributed by atoms with E-state index in [9.17, 15) is 0 Å². The Morgan fingerprint density at radius 2 is 2.00 bits per heavy atom. The summed E-state index contributed by atoms with van der Waals surface area (Å²) in [5.74, 6) is 0. The van der Waals surface area contributed by atoms with Crippen LogP contribution in [0.5, 0.6) is 0 Å². The van der Waals surface area contributed by atoms with Gasteiger partial charge in [-0.15, -0.1) is 0 Å². The summed E-state index contributed by atoms with van der Waals surface area (Å²) in [5, 5.41) is 3.74. The van der Waals surface area contributed by atoms with E-state index in [0.29, 0.717) is 0 Å². The molecule has 0 atom stereocenters. The topological polar surface area (TPSA) is 21.6 Å². The van der Waals surface area contributed by atoms with Crippen molar-refractivity contribution in [3.63, 3.8) is 0 Å². The fourth-order valence-corrected chi connectivity index (χ4v) is 0.270. The molecule has 0 unspecified atom stereocenters. The Morgan fingerprint density at radius 3 is 2.33 bits per heavy atom. The molecule has 0 fully saturated rings.